The van der Waals surface area contributed by atoms with Gasteiger partial charge in [-0.2, -0.15) is 0 Å². The maximum Gasteiger partial charge on any atom is 0.377 e. The Morgan fingerprint density at radius 2 is 1.83 bits per heavy atom. The van der Waals surface area contributed by atoms with Crippen molar-refractivity contribution in [2.45, 2.75) is 25.2 Å². The Bertz CT molecular complexity index is 346. The maximum atomic E-state index is 10.5. The molecule has 104 valence electrons. The molecule has 1 heterocycles. The van der Waals surface area contributed by atoms with Crippen molar-refractivity contribution in [2.24, 2.45) is 0 Å². The molecule has 0 spiro atoms. The van der Waals surface area contributed by atoms with Crippen LogP contribution in [0.15, 0.2) is 11.5 Å². The van der Waals surface area contributed by atoms with Crippen LogP contribution in [0, 0.1) is 0 Å². The lowest BCUT2D eigenvalue weighted by Gasteiger charge is -2.13. The standard InChI is InChI=1S/C6H8O6.C3H6O3/c7-1-2(8)5-3(9)4(10)6(11)12-5;1-2(4)3(5)6/h2,5,7-10H,1H2;2,4H,1H3,(H,5,6)/t2-,5+;/m0./s1. The number of aliphatic hydroxyl groups excluding tert-OH is 5. The van der Waals surface area contributed by atoms with Gasteiger partial charge >= 0.3 is 11.9 Å². The van der Waals surface area contributed by atoms with E-state index in [1.165, 1.54) is 6.92 Å². The van der Waals surface area contributed by atoms with Gasteiger partial charge in [-0.1, -0.05) is 0 Å². The molecule has 18 heavy (non-hydrogen) atoms. The van der Waals surface area contributed by atoms with E-state index in [0.717, 1.165) is 0 Å². The van der Waals surface area contributed by atoms with Gasteiger partial charge in [-0.3, -0.25) is 0 Å². The molecule has 6 N–H and O–H groups in total. The third-order valence-corrected chi connectivity index (χ3v) is 1.83. The number of ether oxygens (including phenoxy) is 1. The Kier molecular flexibility index (Phi) is 6.09. The Labute approximate surface area is 101 Å². The van der Waals surface area contributed by atoms with E-state index in [1.54, 1.807) is 0 Å². The number of aliphatic carboxylic acids is 1. The average Bonchev–Trinajstić information content (AvgIpc) is 2.56. The second kappa shape index (κ2) is 6.79. The summed E-state index contributed by atoms with van der Waals surface area (Å²) in [5.74, 6) is -3.96. The first-order valence-electron chi connectivity index (χ1n) is 4.75. The van der Waals surface area contributed by atoms with Crippen LogP contribution in [0.4, 0.5) is 0 Å². The van der Waals surface area contributed by atoms with Gasteiger partial charge in [-0.25, -0.2) is 9.59 Å². The topological polar surface area (TPSA) is 165 Å². The smallest absolute Gasteiger partial charge is 0.377 e. The average molecular weight is 266 g/mol. The van der Waals surface area contributed by atoms with Crippen molar-refractivity contribution in [2.75, 3.05) is 6.61 Å². The monoisotopic (exact) mass is 266 g/mol. The summed E-state index contributed by atoms with van der Waals surface area (Å²) >= 11 is 0. The second-order valence-corrected chi connectivity index (χ2v) is 3.32. The first-order chi connectivity index (χ1) is 8.22. The van der Waals surface area contributed by atoms with Crippen molar-refractivity contribution in [1.82, 2.24) is 0 Å². The van der Waals surface area contributed by atoms with Crippen LogP contribution in [-0.4, -0.2) is 67.5 Å². The van der Waals surface area contributed by atoms with Crippen LogP contribution in [0.5, 0.6) is 0 Å². The van der Waals surface area contributed by atoms with Crippen LogP contribution in [0.2, 0.25) is 0 Å². The van der Waals surface area contributed by atoms with Crippen LogP contribution in [0.25, 0.3) is 0 Å². The molecule has 0 radical (unpaired) electrons. The fourth-order valence-corrected chi connectivity index (χ4v) is 0.823. The SMILES string of the molecule is CC(O)C(=O)O.O=C1O[C@H]([C@@H](O)CO)C(O)=C1O. The summed E-state index contributed by atoms with van der Waals surface area (Å²) < 4.78 is 4.32. The zero-order valence-corrected chi connectivity index (χ0v) is 9.35. The predicted octanol–water partition coefficient (Wildman–Crippen LogP) is -1.96. The molecule has 9 heteroatoms. The minimum Gasteiger partial charge on any atom is -0.505 e. The summed E-state index contributed by atoms with van der Waals surface area (Å²) in [5.41, 5.74) is 0. The zero-order chi connectivity index (χ0) is 14.5. The molecule has 0 saturated carbocycles. The molecule has 1 unspecified atom stereocenters. The highest BCUT2D eigenvalue weighted by Crippen LogP contribution is 2.20. The lowest BCUT2D eigenvalue weighted by molar-refractivity contribution is -0.148. The van der Waals surface area contributed by atoms with Gasteiger partial charge in [0.2, 0.25) is 5.76 Å². The molecule has 0 bridgehead atoms. The van der Waals surface area contributed by atoms with E-state index in [2.05, 4.69) is 4.74 Å². The highest BCUT2D eigenvalue weighted by molar-refractivity contribution is 5.89. The van der Waals surface area contributed by atoms with Gasteiger partial charge in [-0.05, 0) is 6.92 Å². The van der Waals surface area contributed by atoms with Gasteiger partial charge in [0.1, 0.15) is 12.2 Å². The lowest BCUT2D eigenvalue weighted by atomic mass is 10.2. The number of carboxylic acids is 1. The van der Waals surface area contributed by atoms with Crippen LogP contribution >= 0.6 is 0 Å². The van der Waals surface area contributed by atoms with Crippen molar-refractivity contribution in [3.8, 4) is 0 Å². The molecule has 0 aliphatic carbocycles. The molecule has 1 aliphatic rings. The molecule has 3 atom stereocenters. The summed E-state index contributed by atoms with van der Waals surface area (Å²) in [6.45, 7) is 0.525. The molecular formula is C9H14O9. The molecule has 1 aliphatic heterocycles. The van der Waals surface area contributed by atoms with Crippen LogP contribution in [0.3, 0.4) is 0 Å². The van der Waals surface area contributed by atoms with Crippen LogP contribution in [0.1, 0.15) is 6.92 Å². The van der Waals surface area contributed by atoms with E-state index in [9.17, 15) is 9.59 Å². The van der Waals surface area contributed by atoms with Crippen molar-refractivity contribution in [1.29, 1.82) is 0 Å². The molecule has 1 rings (SSSR count). The van der Waals surface area contributed by atoms with Crippen molar-refractivity contribution in [3.05, 3.63) is 11.5 Å². The molecular weight excluding hydrogens is 252 g/mol. The van der Waals surface area contributed by atoms with Crippen molar-refractivity contribution in [3.63, 3.8) is 0 Å². The third-order valence-electron chi connectivity index (χ3n) is 1.83. The molecule has 9 nitrogen and oxygen atoms in total. The Morgan fingerprint density at radius 3 is 2.06 bits per heavy atom. The van der Waals surface area contributed by atoms with Gasteiger partial charge < -0.3 is 35.4 Å². The molecule has 0 aromatic heterocycles. The van der Waals surface area contributed by atoms with E-state index < -0.39 is 48.4 Å². The van der Waals surface area contributed by atoms with Crippen molar-refractivity contribution >= 4 is 11.9 Å². The van der Waals surface area contributed by atoms with Gasteiger partial charge in [0.05, 0.1) is 6.61 Å². The number of cyclic esters (lactones) is 1. The number of carbonyl (C=O) groups excluding carboxylic acids is 1. The fourth-order valence-electron chi connectivity index (χ4n) is 0.823. The number of esters is 1. The Balaban J connectivity index is 0.000000411. The van der Waals surface area contributed by atoms with Gasteiger partial charge in [0.25, 0.3) is 0 Å². The van der Waals surface area contributed by atoms with Gasteiger partial charge in [-0.15, -0.1) is 0 Å². The Morgan fingerprint density at radius 1 is 1.39 bits per heavy atom. The Hall–Kier alpha value is -1.84. The molecule has 0 aromatic carbocycles. The first kappa shape index (κ1) is 16.2. The summed E-state index contributed by atoms with van der Waals surface area (Å²) in [5, 5.41) is 50.8. The number of carboxylic acid groups (broad SMARTS) is 1. The quantitative estimate of drug-likeness (QED) is 0.318. The number of carbonyl (C=O) groups is 2. The maximum absolute atomic E-state index is 10.5. The predicted molar refractivity (Wildman–Crippen MR) is 54.6 cm³/mol. The minimum atomic E-state index is -1.42. The number of hydrogen-bond acceptors (Lipinski definition) is 8. The van der Waals surface area contributed by atoms with E-state index >= 15 is 0 Å². The molecule has 0 fully saturated rings. The fraction of sp³-hybridized carbons (Fsp3) is 0.556. The van der Waals surface area contributed by atoms with E-state index in [-0.39, 0.29) is 0 Å². The summed E-state index contributed by atoms with van der Waals surface area (Å²) in [6.07, 6.45) is -4.01. The van der Waals surface area contributed by atoms with Gasteiger partial charge in [0, 0.05) is 0 Å². The summed E-state index contributed by atoms with van der Waals surface area (Å²) in [7, 11) is 0. The molecule has 0 saturated heterocycles. The highest BCUT2D eigenvalue weighted by Gasteiger charge is 2.38. The number of hydrogen-bond donors (Lipinski definition) is 6. The van der Waals surface area contributed by atoms with Crippen molar-refractivity contribution < 1.29 is 45.0 Å². The second-order valence-electron chi connectivity index (χ2n) is 3.32. The van der Waals surface area contributed by atoms with Crippen LogP contribution < -0.4 is 0 Å². The summed E-state index contributed by atoms with van der Waals surface area (Å²) in [4.78, 5) is 20.0. The van der Waals surface area contributed by atoms with E-state index in [0.29, 0.717) is 0 Å². The molecule has 0 aromatic rings. The number of rotatable bonds is 3. The van der Waals surface area contributed by atoms with Crippen LogP contribution in [-0.2, 0) is 14.3 Å². The summed E-state index contributed by atoms with van der Waals surface area (Å²) in [6, 6.07) is 0. The normalized spacial score (nSPS) is 21.8. The van der Waals surface area contributed by atoms with E-state index in [1.807, 2.05) is 0 Å². The van der Waals surface area contributed by atoms with Gasteiger partial charge in [0.15, 0.2) is 11.9 Å². The largest absolute Gasteiger partial charge is 0.505 e. The minimum absolute atomic E-state index is 0.671. The lowest BCUT2D eigenvalue weighted by Crippen LogP contribution is -2.31. The first-order valence-corrected chi connectivity index (χ1v) is 4.75. The van der Waals surface area contributed by atoms with E-state index in [4.69, 9.17) is 30.6 Å². The third kappa shape index (κ3) is 4.20. The molecule has 0 amide bonds. The highest BCUT2D eigenvalue weighted by atomic mass is 16.6. The zero-order valence-electron chi connectivity index (χ0n) is 9.35. The number of aliphatic hydroxyl groups is 5.